The summed E-state index contributed by atoms with van der Waals surface area (Å²) in [5.41, 5.74) is 6.03. The monoisotopic (exact) mass is 256 g/mol. The van der Waals surface area contributed by atoms with Crippen molar-refractivity contribution in [1.82, 2.24) is 4.98 Å². The first-order valence-electron chi connectivity index (χ1n) is 5.33. The van der Waals surface area contributed by atoms with E-state index < -0.39 is 11.7 Å². The molecule has 0 aliphatic carbocycles. The van der Waals surface area contributed by atoms with Gasteiger partial charge < -0.3 is 11.1 Å². The van der Waals surface area contributed by atoms with Crippen LogP contribution in [0, 0.1) is 17.1 Å². The van der Waals surface area contributed by atoms with Gasteiger partial charge in [-0.2, -0.15) is 5.26 Å². The second-order valence-electron chi connectivity index (χ2n) is 3.70. The van der Waals surface area contributed by atoms with Gasteiger partial charge in [-0.05, 0) is 30.3 Å². The number of nitriles is 1. The van der Waals surface area contributed by atoms with Gasteiger partial charge in [0.15, 0.2) is 11.6 Å². The summed E-state index contributed by atoms with van der Waals surface area (Å²) < 4.78 is 13.6. The number of nitrogens with one attached hydrogen (secondary N) is 1. The normalized spacial score (nSPS) is 9.68. The Kier molecular flexibility index (Phi) is 3.39. The largest absolute Gasteiger partial charge is 0.381 e. The highest BCUT2D eigenvalue weighted by Gasteiger charge is 2.14. The van der Waals surface area contributed by atoms with Crippen LogP contribution in [0.5, 0.6) is 0 Å². The van der Waals surface area contributed by atoms with E-state index >= 15 is 0 Å². The number of nitrogens with two attached hydrogens (primary N) is 1. The first kappa shape index (κ1) is 12.5. The van der Waals surface area contributed by atoms with Gasteiger partial charge in [-0.1, -0.05) is 0 Å². The Labute approximate surface area is 108 Å². The Morgan fingerprint density at radius 1 is 1.32 bits per heavy atom. The summed E-state index contributed by atoms with van der Waals surface area (Å²) in [6, 6.07) is 9.40. The van der Waals surface area contributed by atoms with Gasteiger partial charge in [0, 0.05) is 11.9 Å². The van der Waals surface area contributed by atoms with Crippen LogP contribution in [0.3, 0.4) is 0 Å². The highest BCUT2D eigenvalue weighted by Crippen LogP contribution is 2.15. The molecule has 0 aliphatic heterocycles. The highest BCUT2D eigenvalue weighted by molar-refractivity contribution is 6.04. The predicted octanol–water partition coefficient (Wildman–Crippen LogP) is 1.93. The topological polar surface area (TPSA) is 91.8 Å². The zero-order chi connectivity index (χ0) is 13.8. The van der Waals surface area contributed by atoms with Crippen molar-refractivity contribution in [2.24, 2.45) is 0 Å². The minimum absolute atomic E-state index is 0.183. The quantitative estimate of drug-likeness (QED) is 0.858. The Morgan fingerprint density at radius 3 is 2.63 bits per heavy atom. The maximum Gasteiger partial charge on any atom is 0.258 e. The summed E-state index contributed by atoms with van der Waals surface area (Å²) in [6.07, 6.45) is 1.26. The molecular weight excluding hydrogens is 247 g/mol. The lowest BCUT2D eigenvalue weighted by Crippen LogP contribution is -2.15. The fourth-order valence-electron chi connectivity index (χ4n) is 1.46. The van der Waals surface area contributed by atoms with E-state index in [0.717, 1.165) is 0 Å². The van der Waals surface area contributed by atoms with Crippen LogP contribution < -0.4 is 11.1 Å². The molecule has 2 rings (SSSR count). The summed E-state index contributed by atoms with van der Waals surface area (Å²) in [5.74, 6) is -1.81. The van der Waals surface area contributed by atoms with Gasteiger partial charge in [0.25, 0.3) is 5.91 Å². The van der Waals surface area contributed by atoms with Crippen molar-refractivity contribution in [3.8, 4) is 6.07 Å². The molecule has 0 spiro atoms. The Hall–Kier alpha value is -2.94. The van der Waals surface area contributed by atoms with Crippen LogP contribution in [0.2, 0.25) is 0 Å². The van der Waals surface area contributed by atoms with Crippen LogP contribution in [0.4, 0.5) is 15.9 Å². The van der Waals surface area contributed by atoms with Crippen LogP contribution in [0.1, 0.15) is 15.9 Å². The maximum atomic E-state index is 13.6. The first-order valence-corrected chi connectivity index (χ1v) is 5.33. The van der Waals surface area contributed by atoms with E-state index in [0.29, 0.717) is 11.3 Å². The number of anilines is 2. The average Bonchev–Trinajstić information content (AvgIpc) is 2.42. The van der Waals surface area contributed by atoms with Crippen molar-refractivity contribution < 1.29 is 9.18 Å². The van der Waals surface area contributed by atoms with E-state index in [-0.39, 0.29) is 11.4 Å². The number of carbonyl (C=O) groups is 1. The molecule has 1 aromatic heterocycles. The highest BCUT2D eigenvalue weighted by atomic mass is 19.1. The molecule has 6 heteroatoms. The van der Waals surface area contributed by atoms with Gasteiger partial charge in [0.1, 0.15) is 0 Å². The summed E-state index contributed by atoms with van der Waals surface area (Å²) in [7, 11) is 0. The number of hydrogen-bond donors (Lipinski definition) is 2. The van der Waals surface area contributed by atoms with Crippen LogP contribution >= 0.6 is 0 Å². The molecule has 19 heavy (non-hydrogen) atoms. The number of halogens is 1. The Bertz CT molecular complexity index is 661. The number of pyridine rings is 1. The molecule has 1 amide bonds. The van der Waals surface area contributed by atoms with Crippen LogP contribution in [0.15, 0.2) is 36.5 Å². The number of amides is 1. The van der Waals surface area contributed by atoms with E-state index in [1.54, 1.807) is 24.3 Å². The zero-order valence-electron chi connectivity index (χ0n) is 9.72. The molecule has 0 aliphatic rings. The number of carbonyl (C=O) groups excluding carboxylic acids is 1. The van der Waals surface area contributed by atoms with E-state index in [4.69, 9.17) is 11.0 Å². The van der Waals surface area contributed by atoms with E-state index in [1.807, 2.05) is 6.07 Å². The molecule has 94 valence electrons. The first-order chi connectivity index (χ1) is 9.11. The number of aromatic nitrogens is 1. The van der Waals surface area contributed by atoms with Gasteiger partial charge in [-0.3, -0.25) is 4.79 Å². The van der Waals surface area contributed by atoms with Crippen molar-refractivity contribution in [2.45, 2.75) is 0 Å². The lowest BCUT2D eigenvalue weighted by molar-refractivity contribution is 0.102. The Morgan fingerprint density at radius 2 is 2.00 bits per heavy atom. The molecule has 0 saturated carbocycles. The number of rotatable bonds is 2. The molecule has 2 aromatic rings. The lowest BCUT2D eigenvalue weighted by Gasteiger charge is -2.06. The molecule has 0 radical (unpaired) electrons. The van der Waals surface area contributed by atoms with Crippen molar-refractivity contribution >= 4 is 17.4 Å². The number of hydrogen-bond acceptors (Lipinski definition) is 4. The molecule has 0 fully saturated rings. The van der Waals surface area contributed by atoms with Crippen molar-refractivity contribution in [2.75, 3.05) is 11.1 Å². The standard InChI is InChI=1S/C13H9FN4O/c14-11-10(5-6-17-12(11)16)13(19)18-9-3-1-8(7-15)2-4-9/h1-6H,(H2,16,17)(H,18,19). The lowest BCUT2D eigenvalue weighted by atomic mass is 10.2. The number of benzene rings is 1. The van der Waals surface area contributed by atoms with Gasteiger partial charge in [-0.25, -0.2) is 9.37 Å². The van der Waals surface area contributed by atoms with Gasteiger partial charge in [0.2, 0.25) is 0 Å². The van der Waals surface area contributed by atoms with Gasteiger partial charge in [-0.15, -0.1) is 0 Å². The third kappa shape index (κ3) is 2.66. The van der Waals surface area contributed by atoms with Crippen LogP contribution in [-0.4, -0.2) is 10.9 Å². The molecule has 1 heterocycles. The Balaban J connectivity index is 2.21. The average molecular weight is 256 g/mol. The van der Waals surface area contributed by atoms with E-state index in [1.165, 1.54) is 12.3 Å². The fraction of sp³-hybridized carbons (Fsp3) is 0. The second-order valence-corrected chi connectivity index (χ2v) is 3.70. The van der Waals surface area contributed by atoms with E-state index in [2.05, 4.69) is 10.3 Å². The maximum absolute atomic E-state index is 13.6. The molecule has 0 bridgehead atoms. The minimum Gasteiger partial charge on any atom is -0.381 e. The molecule has 0 atom stereocenters. The van der Waals surface area contributed by atoms with Crippen LogP contribution in [0.25, 0.3) is 0 Å². The van der Waals surface area contributed by atoms with Crippen LogP contribution in [-0.2, 0) is 0 Å². The summed E-state index contributed by atoms with van der Waals surface area (Å²) in [6.45, 7) is 0. The summed E-state index contributed by atoms with van der Waals surface area (Å²) in [5, 5.41) is 11.2. The second kappa shape index (κ2) is 5.14. The molecule has 0 saturated heterocycles. The summed E-state index contributed by atoms with van der Waals surface area (Å²) >= 11 is 0. The van der Waals surface area contributed by atoms with Crippen molar-refractivity contribution in [3.05, 3.63) is 53.5 Å². The SMILES string of the molecule is N#Cc1ccc(NC(=O)c2ccnc(N)c2F)cc1. The number of nitrogen functional groups attached to an aromatic ring is 1. The molecule has 0 unspecified atom stereocenters. The fourth-order valence-corrected chi connectivity index (χ4v) is 1.46. The van der Waals surface area contributed by atoms with Gasteiger partial charge in [0.05, 0.1) is 17.2 Å². The number of nitrogens with zero attached hydrogens (tertiary/aromatic N) is 2. The predicted molar refractivity (Wildman–Crippen MR) is 67.7 cm³/mol. The van der Waals surface area contributed by atoms with E-state index in [9.17, 15) is 9.18 Å². The molecule has 3 N–H and O–H groups in total. The van der Waals surface area contributed by atoms with Crippen molar-refractivity contribution in [3.63, 3.8) is 0 Å². The third-order valence-electron chi connectivity index (χ3n) is 2.43. The third-order valence-corrected chi connectivity index (χ3v) is 2.43. The molecule has 5 nitrogen and oxygen atoms in total. The zero-order valence-corrected chi connectivity index (χ0v) is 9.72. The summed E-state index contributed by atoms with van der Waals surface area (Å²) in [4.78, 5) is 15.4. The smallest absolute Gasteiger partial charge is 0.258 e. The minimum atomic E-state index is -0.853. The molecule has 1 aromatic carbocycles. The van der Waals surface area contributed by atoms with Gasteiger partial charge >= 0.3 is 0 Å². The molecular formula is C13H9FN4O. The van der Waals surface area contributed by atoms with Crippen molar-refractivity contribution in [1.29, 1.82) is 5.26 Å².